The maximum absolute atomic E-state index is 14.8. The van der Waals surface area contributed by atoms with Crippen molar-refractivity contribution in [1.82, 2.24) is 4.98 Å². The number of rotatable bonds is 6. The Morgan fingerprint density at radius 2 is 1.77 bits per heavy atom. The number of carbonyl (C=O) groups is 1. The summed E-state index contributed by atoms with van der Waals surface area (Å²) >= 11 is 0. The second-order valence-electron chi connectivity index (χ2n) is 6.27. The zero-order valence-corrected chi connectivity index (χ0v) is 16.3. The van der Waals surface area contributed by atoms with Crippen LogP contribution >= 0.6 is 0 Å². The van der Waals surface area contributed by atoms with E-state index in [1.807, 2.05) is 0 Å². The number of halogens is 3. The maximum atomic E-state index is 14.8. The molecule has 8 heteroatoms. The van der Waals surface area contributed by atoms with Crippen LogP contribution in [0.2, 0.25) is 0 Å². The molecule has 0 radical (unpaired) electrons. The minimum absolute atomic E-state index is 0.0160. The number of hydrogen-bond donors (Lipinski definition) is 1. The number of carbonyl (C=O) groups excluding carboxylic acids is 1. The second kappa shape index (κ2) is 9.71. The molecule has 0 amide bonds. The molecule has 0 atom stereocenters. The van der Waals surface area contributed by atoms with Crippen molar-refractivity contribution in [3.8, 4) is 11.1 Å². The first-order valence-corrected chi connectivity index (χ1v) is 9.20. The van der Waals surface area contributed by atoms with Gasteiger partial charge in [-0.25, -0.2) is 18.0 Å². The number of benzene rings is 2. The highest BCUT2D eigenvalue weighted by Gasteiger charge is 2.19. The van der Waals surface area contributed by atoms with E-state index in [1.54, 1.807) is 37.5 Å². The molecular weight excluding hydrogens is 409 g/mol. The molecule has 1 heterocycles. The summed E-state index contributed by atoms with van der Waals surface area (Å²) in [7, 11) is 0. The summed E-state index contributed by atoms with van der Waals surface area (Å²) in [4.78, 5) is 20.0. The summed E-state index contributed by atoms with van der Waals surface area (Å²) in [6.45, 7) is 1.53. The van der Waals surface area contributed by atoms with E-state index in [0.29, 0.717) is 17.2 Å². The molecule has 0 saturated heterocycles. The molecule has 5 nitrogen and oxygen atoms in total. The topological polar surface area (TPSA) is 71.8 Å². The van der Waals surface area contributed by atoms with Crippen LogP contribution in [-0.2, 0) is 9.53 Å². The number of aromatic nitrogens is 1. The Morgan fingerprint density at radius 3 is 2.42 bits per heavy atom. The molecule has 3 rings (SSSR count). The van der Waals surface area contributed by atoms with Crippen molar-refractivity contribution >= 4 is 23.6 Å². The predicted octanol–water partition coefficient (Wildman–Crippen LogP) is 5.40. The van der Waals surface area contributed by atoms with Crippen molar-refractivity contribution in [2.45, 2.75) is 6.92 Å². The molecule has 0 aliphatic heterocycles. The van der Waals surface area contributed by atoms with E-state index < -0.39 is 34.8 Å². The van der Waals surface area contributed by atoms with Gasteiger partial charge in [-0.3, -0.25) is 9.98 Å². The third kappa shape index (κ3) is 5.16. The molecule has 1 aromatic heterocycles. The van der Waals surface area contributed by atoms with Crippen LogP contribution in [0.15, 0.2) is 71.5 Å². The normalized spacial score (nSPS) is 12.0. The van der Waals surface area contributed by atoms with Crippen molar-refractivity contribution in [2.24, 2.45) is 4.99 Å². The third-order valence-corrected chi connectivity index (χ3v) is 4.23. The number of nitrogens with zero attached hydrogens (tertiary/aromatic N) is 2. The van der Waals surface area contributed by atoms with E-state index in [9.17, 15) is 23.1 Å². The molecule has 0 bridgehead atoms. The van der Waals surface area contributed by atoms with Gasteiger partial charge in [-0.2, -0.15) is 0 Å². The number of pyridine rings is 1. The van der Waals surface area contributed by atoms with Crippen molar-refractivity contribution in [1.29, 1.82) is 0 Å². The summed E-state index contributed by atoms with van der Waals surface area (Å²) < 4.78 is 46.5. The highest BCUT2D eigenvalue weighted by atomic mass is 19.1. The van der Waals surface area contributed by atoms with Gasteiger partial charge in [0.2, 0.25) is 0 Å². The van der Waals surface area contributed by atoms with Gasteiger partial charge >= 0.3 is 5.97 Å². The number of esters is 1. The van der Waals surface area contributed by atoms with Gasteiger partial charge in [0.05, 0.1) is 17.9 Å². The van der Waals surface area contributed by atoms with E-state index in [0.717, 1.165) is 18.3 Å². The fraction of sp³-hybridized carbons (Fsp3) is 0.0870. The molecule has 2 aromatic carbocycles. The minimum Gasteiger partial charge on any atom is -0.506 e. The molecule has 0 spiro atoms. The Balaban J connectivity index is 2.03. The fourth-order valence-electron chi connectivity index (χ4n) is 2.72. The second-order valence-corrected chi connectivity index (χ2v) is 6.27. The van der Waals surface area contributed by atoms with Gasteiger partial charge in [-0.05, 0) is 54.4 Å². The third-order valence-electron chi connectivity index (χ3n) is 4.23. The lowest BCUT2D eigenvalue weighted by Crippen LogP contribution is -2.12. The smallest absolute Gasteiger partial charge is 0.343 e. The Bertz CT molecular complexity index is 1160. The van der Waals surface area contributed by atoms with E-state index in [2.05, 4.69) is 9.98 Å². The van der Waals surface area contributed by atoms with Crippen LogP contribution in [0.5, 0.6) is 0 Å². The molecule has 0 unspecified atom stereocenters. The SMILES string of the molecule is CCOC(=O)/C(C=Nc1ccc(F)cc1F)=C(\O)c1ccc(-c2ccncc2)cc1F. The van der Waals surface area contributed by atoms with E-state index in [1.165, 1.54) is 12.1 Å². The highest BCUT2D eigenvalue weighted by Crippen LogP contribution is 2.26. The molecule has 0 fully saturated rings. The molecule has 1 N–H and O–H groups in total. The van der Waals surface area contributed by atoms with Gasteiger partial charge in [-0.1, -0.05) is 6.07 Å². The number of aliphatic hydroxyl groups is 1. The van der Waals surface area contributed by atoms with E-state index >= 15 is 0 Å². The first-order valence-electron chi connectivity index (χ1n) is 9.20. The first-order chi connectivity index (χ1) is 14.9. The van der Waals surface area contributed by atoms with E-state index in [4.69, 9.17) is 4.74 Å². The number of ether oxygens (including phenoxy) is 1. The number of aliphatic imine (C=N–C) groups is 1. The van der Waals surface area contributed by atoms with Gasteiger partial charge in [-0.15, -0.1) is 0 Å². The van der Waals surface area contributed by atoms with E-state index in [-0.39, 0.29) is 17.9 Å². The van der Waals surface area contributed by atoms with Crippen molar-refractivity contribution in [2.75, 3.05) is 6.61 Å². The summed E-state index contributed by atoms with van der Waals surface area (Å²) in [6, 6.07) is 10.1. The van der Waals surface area contributed by atoms with Crippen LogP contribution in [0.4, 0.5) is 18.9 Å². The van der Waals surface area contributed by atoms with Crippen molar-refractivity contribution in [3.63, 3.8) is 0 Å². The lowest BCUT2D eigenvalue weighted by molar-refractivity contribution is -0.137. The molecule has 0 aliphatic rings. The lowest BCUT2D eigenvalue weighted by atomic mass is 10.0. The zero-order chi connectivity index (χ0) is 22.4. The van der Waals surface area contributed by atoms with Crippen LogP contribution in [0.1, 0.15) is 12.5 Å². The van der Waals surface area contributed by atoms with Crippen LogP contribution in [0, 0.1) is 17.5 Å². The average molecular weight is 426 g/mol. The van der Waals surface area contributed by atoms with Crippen molar-refractivity contribution < 1.29 is 27.8 Å². The number of hydrogen-bond acceptors (Lipinski definition) is 5. The average Bonchev–Trinajstić information content (AvgIpc) is 2.75. The van der Waals surface area contributed by atoms with Crippen molar-refractivity contribution in [3.05, 3.63) is 89.5 Å². The molecular formula is C23H17F3N2O3. The standard InChI is InChI=1S/C23H17F3N2O3/c1-2-31-23(30)18(13-28-21-6-4-16(24)12-20(21)26)22(29)17-5-3-15(11-19(17)25)14-7-9-27-10-8-14/h3-13,29H,2H2,1H3/b22-18-,28-13?. The summed E-state index contributed by atoms with van der Waals surface area (Å²) in [5.74, 6) is -4.27. The summed E-state index contributed by atoms with van der Waals surface area (Å²) in [5.41, 5.74) is 0.219. The quantitative estimate of drug-likeness (QED) is 0.248. The minimum atomic E-state index is -0.983. The fourth-order valence-corrected chi connectivity index (χ4v) is 2.72. The van der Waals surface area contributed by atoms with Crippen LogP contribution < -0.4 is 0 Å². The lowest BCUT2D eigenvalue weighted by Gasteiger charge is -2.09. The van der Waals surface area contributed by atoms with Gasteiger partial charge < -0.3 is 9.84 Å². The monoisotopic (exact) mass is 426 g/mol. The van der Waals surface area contributed by atoms with Gasteiger partial charge in [0.25, 0.3) is 0 Å². The molecule has 3 aromatic rings. The first kappa shape index (κ1) is 21.8. The van der Waals surface area contributed by atoms with Crippen LogP contribution in [-0.4, -0.2) is 28.9 Å². The molecule has 31 heavy (non-hydrogen) atoms. The van der Waals surface area contributed by atoms with Crippen LogP contribution in [0.3, 0.4) is 0 Å². The highest BCUT2D eigenvalue weighted by molar-refractivity contribution is 6.15. The Hall–Kier alpha value is -3.94. The van der Waals surface area contributed by atoms with Crippen LogP contribution in [0.25, 0.3) is 16.9 Å². The molecule has 0 aliphatic carbocycles. The molecule has 158 valence electrons. The zero-order valence-electron chi connectivity index (χ0n) is 16.3. The van der Waals surface area contributed by atoms with Gasteiger partial charge in [0, 0.05) is 24.7 Å². The van der Waals surface area contributed by atoms with Gasteiger partial charge in [0.15, 0.2) is 5.82 Å². The largest absolute Gasteiger partial charge is 0.506 e. The Kier molecular flexibility index (Phi) is 6.81. The molecule has 0 saturated carbocycles. The number of aliphatic hydroxyl groups excluding tert-OH is 1. The predicted molar refractivity (Wildman–Crippen MR) is 110 cm³/mol. The summed E-state index contributed by atoms with van der Waals surface area (Å²) in [6.07, 6.45) is 3.96. The maximum Gasteiger partial charge on any atom is 0.343 e. The van der Waals surface area contributed by atoms with Gasteiger partial charge in [0.1, 0.15) is 23.0 Å². The Morgan fingerprint density at radius 1 is 1.03 bits per heavy atom. The summed E-state index contributed by atoms with van der Waals surface area (Å²) in [5, 5.41) is 10.6. The Labute approximate surface area is 176 Å².